The Kier molecular flexibility index (Phi) is 5.92. The third-order valence-corrected chi connectivity index (χ3v) is 6.88. The van der Waals surface area contributed by atoms with Crippen LogP contribution in [0.25, 0.3) is 0 Å². The van der Waals surface area contributed by atoms with Gasteiger partial charge in [0.15, 0.2) is 0 Å². The Morgan fingerprint density at radius 2 is 2.04 bits per heavy atom. The number of carbonyl (C=O) groups excluding carboxylic acids is 1. The lowest BCUT2D eigenvalue weighted by molar-refractivity contribution is -0.113. The van der Waals surface area contributed by atoms with Crippen molar-refractivity contribution in [2.45, 2.75) is 62.3 Å². The predicted octanol–water partition coefficient (Wildman–Crippen LogP) is 5.12. The van der Waals surface area contributed by atoms with Crippen LogP contribution in [0.15, 0.2) is 28.3 Å². The van der Waals surface area contributed by atoms with Gasteiger partial charge in [0.1, 0.15) is 15.9 Å². The lowest BCUT2D eigenvalue weighted by atomic mass is 9.96. The van der Waals surface area contributed by atoms with Crippen LogP contribution in [-0.4, -0.2) is 26.9 Å². The number of anilines is 1. The van der Waals surface area contributed by atoms with E-state index in [1.54, 1.807) is 0 Å². The minimum Gasteiger partial charge on any atom is -0.325 e. The van der Waals surface area contributed by atoms with Crippen molar-refractivity contribution >= 4 is 35.1 Å². The van der Waals surface area contributed by atoms with Gasteiger partial charge in [-0.1, -0.05) is 43.3 Å². The Hall–Kier alpha value is -1.53. The molecule has 0 saturated carbocycles. The van der Waals surface area contributed by atoms with Gasteiger partial charge in [0.05, 0.1) is 5.75 Å². The molecule has 2 unspecified atom stereocenters. The fourth-order valence-electron chi connectivity index (χ4n) is 3.35. The maximum atomic E-state index is 12.4. The first-order chi connectivity index (χ1) is 12.4. The molecule has 0 spiro atoms. The standard InChI is InChI=1S/C20H25N3OS2/c1-6-15-13(4)26-20-18(15)19(21-14(5)22-20)25-10-17(24)23-16-8-7-11(2)9-12(16)3/h7-9,13,15H,6,10H2,1-5H3,(H,23,24). The zero-order chi connectivity index (χ0) is 18.8. The Labute approximate surface area is 164 Å². The molecule has 6 heteroatoms. The molecule has 0 bridgehead atoms. The molecule has 1 aliphatic heterocycles. The van der Waals surface area contributed by atoms with Crippen LogP contribution in [0, 0.1) is 20.8 Å². The number of aromatic nitrogens is 2. The number of benzene rings is 1. The molecule has 1 amide bonds. The zero-order valence-corrected chi connectivity index (χ0v) is 17.6. The summed E-state index contributed by atoms with van der Waals surface area (Å²) in [6, 6.07) is 6.06. The molecule has 2 atom stereocenters. The van der Waals surface area contributed by atoms with Gasteiger partial charge >= 0.3 is 0 Å². The number of rotatable bonds is 5. The maximum Gasteiger partial charge on any atom is 0.234 e. The highest BCUT2D eigenvalue weighted by molar-refractivity contribution is 8.01. The Bertz CT molecular complexity index is 838. The molecule has 1 N–H and O–H groups in total. The van der Waals surface area contributed by atoms with E-state index in [0.29, 0.717) is 16.9 Å². The van der Waals surface area contributed by atoms with E-state index in [1.165, 1.54) is 22.9 Å². The monoisotopic (exact) mass is 387 g/mol. The second kappa shape index (κ2) is 8.01. The number of hydrogen-bond acceptors (Lipinski definition) is 5. The van der Waals surface area contributed by atoms with Gasteiger partial charge < -0.3 is 5.32 Å². The Balaban J connectivity index is 1.73. The highest BCUT2D eigenvalue weighted by Crippen LogP contribution is 2.48. The van der Waals surface area contributed by atoms with Gasteiger partial charge in [-0.2, -0.15) is 0 Å². The van der Waals surface area contributed by atoms with Crippen LogP contribution in [-0.2, 0) is 4.79 Å². The van der Waals surface area contributed by atoms with Crippen LogP contribution in [0.3, 0.4) is 0 Å². The third kappa shape index (κ3) is 4.07. The summed E-state index contributed by atoms with van der Waals surface area (Å²) in [6.45, 7) is 10.4. The van der Waals surface area contributed by atoms with Crippen molar-refractivity contribution in [2.75, 3.05) is 11.1 Å². The zero-order valence-electron chi connectivity index (χ0n) is 15.9. The predicted molar refractivity (Wildman–Crippen MR) is 110 cm³/mol. The van der Waals surface area contributed by atoms with Gasteiger partial charge in [-0.05, 0) is 38.8 Å². The lowest BCUT2D eigenvalue weighted by Crippen LogP contribution is -2.15. The van der Waals surface area contributed by atoms with Crippen molar-refractivity contribution in [2.24, 2.45) is 0 Å². The highest BCUT2D eigenvalue weighted by Gasteiger charge is 2.33. The van der Waals surface area contributed by atoms with Crippen LogP contribution in [0.1, 0.15) is 48.7 Å². The fraction of sp³-hybridized carbons (Fsp3) is 0.450. The molecule has 0 aliphatic carbocycles. The number of thioether (sulfide) groups is 2. The molecule has 0 fully saturated rings. The van der Waals surface area contributed by atoms with Crippen molar-refractivity contribution in [3.63, 3.8) is 0 Å². The van der Waals surface area contributed by atoms with E-state index in [1.807, 2.05) is 37.7 Å². The molecule has 2 heterocycles. The van der Waals surface area contributed by atoms with Crippen LogP contribution < -0.4 is 5.32 Å². The molecule has 0 saturated heterocycles. The van der Waals surface area contributed by atoms with E-state index in [2.05, 4.69) is 42.1 Å². The topological polar surface area (TPSA) is 54.9 Å². The molecular formula is C20H25N3OS2. The number of aryl methyl sites for hydroxylation is 3. The van der Waals surface area contributed by atoms with Crippen molar-refractivity contribution in [3.05, 3.63) is 40.7 Å². The first-order valence-corrected chi connectivity index (χ1v) is 10.8. The molecule has 1 aliphatic rings. The number of nitrogens with zero attached hydrogens (tertiary/aromatic N) is 2. The Morgan fingerprint density at radius 1 is 1.27 bits per heavy atom. The summed E-state index contributed by atoms with van der Waals surface area (Å²) in [5, 5.41) is 5.58. The van der Waals surface area contributed by atoms with Gasteiger partial charge in [0.2, 0.25) is 5.91 Å². The van der Waals surface area contributed by atoms with Gasteiger partial charge in [0, 0.05) is 22.4 Å². The minimum absolute atomic E-state index is 0.00119. The lowest BCUT2D eigenvalue weighted by Gasteiger charge is -2.15. The van der Waals surface area contributed by atoms with Crippen molar-refractivity contribution in [3.8, 4) is 0 Å². The fourth-order valence-corrected chi connectivity index (χ4v) is 5.76. The summed E-state index contributed by atoms with van der Waals surface area (Å²) in [5.74, 6) is 1.59. The molecule has 2 aromatic rings. The number of amides is 1. The summed E-state index contributed by atoms with van der Waals surface area (Å²) in [4.78, 5) is 21.7. The average Bonchev–Trinajstić information content (AvgIpc) is 2.90. The summed E-state index contributed by atoms with van der Waals surface area (Å²) in [6.07, 6.45) is 1.07. The van der Waals surface area contributed by atoms with E-state index in [0.717, 1.165) is 33.5 Å². The number of nitrogens with one attached hydrogen (secondary N) is 1. The molecule has 4 nitrogen and oxygen atoms in total. The quantitative estimate of drug-likeness (QED) is 0.570. The third-order valence-electron chi connectivity index (χ3n) is 4.66. The van der Waals surface area contributed by atoms with Crippen molar-refractivity contribution < 1.29 is 4.79 Å². The molecule has 3 rings (SSSR count). The van der Waals surface area contributed by atoms with Gasteiger partial charge in [0.25, 0.3) is 0 Å². The number of carbonyl (C=O) groups is 1. The summed E-state index contributed by atoms with van der Waals surface area (Å²) in [7, 11) is 0. The number of hydrogen-bond donors (Lipinski definition) is 1. The summed E-state index contributed by atoms with van der Waals surface area (Å²) >= 11 is 3.35. The SMILES string of the molecule is CCC1c2c(SCC(=O)Nc3ccc(C)cc3C)nc(C)nc2SC1C. The second-order valence-electron chi connectivity index (χ2n) is 6.79. The number of fused-ring (bicyclic) bond motifs is 1. The van der Waals surface area contributed by atoms with Crippen LogP contribution in [0.2, 0.25) is 0 Å². The normalized spacial score (nSPS) is 18.7. The smallest absolute Gasteiger partial charge is 0.234 e. The van der Waals surface area contributed by atoms with E-state index in [9.17, 15) is 4.79 Å². The van der Waals surface area contributed by atoms with E-state index in [-0.39, 0.29) is 5.91 Å². The van der Waals surface area contributed by atoms with Crippen LogP contribution in [0.5, 0.6) is 0 Å². The summed E-state index contributed by atoms with van der Waals surface area (Å²) in [5.41, 5.74) is 4.39. The summed E-state index contributed by atoms with van der Waals surface area (Å²) < 4.78 is 0. The van der Waals surface area contributed by atoms with E-state index >= 15 is 0 Å². The van der Waals surface area contributed by atoms with E-state index in [4.69, 9.17) is 0 Å². The molecule has 138 valence electrons. The van der Waals surface area contributed by atoms with Crippen molar-refractivity contribution in [1.29, 1.82) is 0 Å². The molecule has 1 aromatic heterocycles. The van der Waals surface area contributed by atoms with Gasteiger partial charge in [-0.15, -0.1) is 11.8 Å². The van der Waals surface area contributed by atoms with Crippen LogP contribution in [0.4, 0.5) is 5.69 Å². The molecule has 0 radical (unpaired) electrons. The average molecular weight is 388 g/mol. The largest absolute Gasteiger partial charge is 0.325 e. The Morgan fingerprint density at radius 3 is 2.73 bits per heavy atom. The highest BCUT2D eigenvalue weighted by atomic mass is 32.2. The van der Waals surface area contributed by atoms with Gasteiger partial charge in [-0.3, -0.25) is 4.79 Å². The van der Waals surface area contributed by atoms with Gasteiger partial charge in [-0.25, -0.2) is 9.97 Å². The first-order valence-electron chi connectivity index (χ1n) is 8.94. The molecule has 26 heavy (non-hydrogen) atoms. The van der Waals surface area contributed by atoms with Crippen molar-refractivity contribution in [1.82, 2.24) is 9.97 Å². The minimum atomic E-state index is -0.00119. The molecule has 1 aromatic carbocycles. The van der Waals surface area contributed by atoms with E-state index < -0.39 is 0 Å². The molecular weight excluding hydrogens is 362 g/mol. The first kappa shape index (κ1) is 19.2. The van der Waals surface area contributed by atoms with Crippen LogP contribution >= 0.6 is 23.5 Å². The second-order valence-corrected chi connectivity index (χ2v) is 9.12. The maximum absolute atomic E-state index is 12.4.